The molecular weight excluding hydrogens is 284 g/mol. The van der Waals surface area contributed by atoms with Crippen LogP contribution < -0.4 is 0 Å². The first kappa shape index (κ1) is 13.8. The molecule has 0 saturated carbocycles. The first-order valence-electron chi connectivity index (χ1n) is 6.55. The van der Waals surface area contributed by atoms with Gasteiger partial charge in [0.25, 0.3) is 0 Å². The molecular formula is C15H14N4OS. The van der Waals surface area contributed by atoms with E-state index in [1.807, 2.05) is 41.8 Å². The number of fused-ring (bicyclic) bond motifs is 1. The van der Waals surface area contributed by atoms with Crippen LogP contribution in [-0.4, -0.2) is 31.3 Å². The van der Waals surface area contributed by atoms with Crippen LogP contribution in [0.4, 0.5) is 0 Å². The highest BCUT2D eigenvalue weighted by Gasteiger charge is 2.14. The lowest BCUT2D eigenvalue weighted by Crippen LogP contribution is -2.03. The smallest absolute Gasteiger partial charge is 0.196 e. The highest BCUT2D eigenvalue weighted by Crippen LogP contribution is 2.26. The molecule has 0 N–H and O–H groups in total. The van der Waals surface area contributed by atoms with Crippen LogP contribution in [0, 0.1) is 6.92 Å². The number of ketones is 1. The van der Waals surface area contributed by atoms with Gasteiger partial charge in [0.15, 0.2) is 5.16 Å². The predicted molar refractivity (Wildman–Crippen MR) is 82.8 cm³/mol. The molecule has 0 bridgehead atoms. The van der Waals surface area contributed by atoms with E-state index in [1.165, 1.54) is 11.8 Å². The quantitative estimate of drug-likeness (QED) is 0.693. The third kappa shape index (κ3) is 2.67. The second-order valence-corrected chi connectivity index (χ2v) is 5.65. The molecule has 5 nitrogen and oxygen atoms in total. The molecule has 3 rings (SSSR count). The second-order valence-electron chi connectivity index (χ2n) is 4.71. The van der Waals surface area contributed by atoms with E-state index in [4.69, 9.17) is 0 Å². The van der Waals surface area contributed by atoms with Gasteiger partial charge < -0.3 is 0 Å². The fourth-order valence-electron chi connectivity index (χ4n) is 2.15. The molecule has 2 aromatic heterocycles. The number of para-hydroxylation sites is 1. The highest BCUT2D eigenvalue weighted by molar-refractivity contribution is 7.99. The maximum absolute atomic E-state index is 11.2. The molecule has 0 spiro atoms. The summed E-state index contributed by atoms with van der Waals surface area (Å²) >= 11 is 1.39. The summed E-state index contributed by atoms with van der Waals surface area (Å²) in [6, 6.07) is 9.93. The summed E-state index contributed by atoms with van der Waals surface area (Å²) in [4.78, 5) is 15.7. The van der Waals surface area contributed by atoms with E-state index in [-0.39, 0.29) is 5.78 Å². The second kappa shape index (κ2) is 5.65. The Labute approximate surface area is 126 Å². The number of aromatic nitrogens is 4. The standard InChI is InChI=1S/C15H14N4OS/c1-10(20)9-21-15-18-17-11(2)19(15)13-7-3-5-12-6-4-8-16-14(12)13/h3-8H,9H2,1-2H3. The first-order chi connectivity index (χ1) is 10.2. The minimum absolute atomic E-state index is 0.114. The van der Waals surface area contributed by atoms with Crippen LogP contribution in [0.3, 0.4) is 0 Å². The molecule has 0 unspecified atom stereocenters. The minimum atomic E-state index is 0.114. The first-order valence-corrected chi connectivity index (χ1v) is 7.54. The highest BCUT2D eigenvalue weighted by atomic mass is 32.2. The largest absolute Gasteiger partial charge is 0.299 e. The Balaban J connectivity index is 2.14. The van der Waals surface area contributed by atoms with Gasteiger partial charge in [0.2, 0.25) is 0 Å². The SMILES string of the molecule is CC(=O)CSc1nnc(C)n1-c1cccc2cccnc12. The molecule has 0 amide bonds. The Morgan fingerprint density at radius 2 is 2.05 bits per heavy atom. The van der Waals surface area contributed by atoms with E-state index < -0.39 is 0 Å². The molecule has 106 valence electrons. The number of nitrogens with zero attached hydrogens (tertiary/aromatic N) is 4. The Bertz CT molecular complexity index is 807. The Morgan fingerprint density at radius 1 is 1.24 bits per heavy atom. The topological polar surface area (TPSA) is 60.7 Å². The average molecular weight is 298 g/mol. The number of hydrogen-bond donors (Lipinski definition) is 0. The molecule has 0 saturated heterocycles. The van der Waals surface area contributed by atoms with Crippen LogP contribution in [0.5, 0.6) is 0 Å². The van der Waals surface area contributed by atoms with Crippen LogP contribution in [0.1, 0.15) is 12.7 Å². The number of rotatable bonds is 4. The summed E-state index contributed by atoms with van der Waals surface area (Å²) in [5.41, 5.74) is 1.83. The summed E-state index contributed by atoms with van der Waals surface area (Å²) in [7, 11) is 0. The minimum Gasteiger partial charge on any atom is -0.299 e. The van der Waals surface area contributed by atoms with Gasteiger partial charge in [0.05, 0.1) is 17.0 Å². The molecule has 0 aliphatic rings. The van der Waals surface area contributed by atoms with Gasteiger partial charge >= 0.3 is 0 Å². The summed E-state index contributed by atoms with van der Waals surface area (Å²) in [6.07, 6.45) is 1.77. The summed E-state index contributed by atoms with van der Waals surface area (Å²) in [6.45, 7) is 3.46. The van der Waals surface area contributed by atoms with Crippen molar-refractivity contribution in [1.82, 2.24) is 19.7 Å². The Kier molecular flexibility index (Phi) is 3.70. The lowest BCUT2D eigenvalue weighted by molar-refractivity contribution is -0.114. The van der Waals surface area contributed by atoms with Crippen LogP contribution in [0.2, 0.25) is 0 Å². The van der Waals surface area contributed by atoms with Crippen LogP contribution in [0.25, 0.3) is 16.6 Å². The third-order valence-corrected chi connectivity index (χ3v) is 4.13. The van der Waals surface area contributed by atoms with E-state index in [2.05, 4.69) is 15.2 Å². The van der Waals surface area contributed by atoms with Gasteiger partial charge in [-0.1, -0.05) is 30.0 Å². The zero-order chi connectivity index (χ0) is 14.8. The van der Waals surface area contributed by atoms with Gasteiger partial charge in [-0.15, -0.1) is 10.2 Å². The molecule has 0 aliphatic heterocycles. The normalized spacial score (nSPS) is 11.0. The number of thioether (sulfide) groups is 1. The van der Waals surface area contributed by atoms with E-state index in [0.717, 1.165) is 22.4 Å². The molecule has 3 aromatic rings. The fourth-order valence-corrected chi connectivity index (χ4v) is 2.94. The maximum Gasteiger partial charge on any atom is 0.196 e. The molecule has 1 aromatic carbocycles. The van der Waals surface area contributed by atoms with E-state index in [9.17, 15) is 4.79 Å². The van der Waals surface area contributed by atoms with Gasteiger partial charge in [0.1, 0.15) is 11.6 Å². The number of Topliss-reactive ketones (excluding diaryl/α,β-unsaturated/α-hetero) is 1. The van der Waals surface area contributed by atoms with E-state index in [1.54, 1.807) is 13.1 Å². The van der Waals surface area contributed by atoms with E-state index in [0.29, 0.717) is 10.9 Å². The number of aryl methyl sites for hydroxylation is 1. The number of carbonyl (C=O) groups excluding carboxylic acids is 1. The molecule has 21 heavy (non-hydrogen) atoms. The monoisotopic (exact) mass is 298 g/mol. The Morgan fingerprint density at radius 3 is 2.86 bits per heavy atom. The van der Waals surface area contributed by atoms with Crippen molar-refractivity contribution in [2.45, 2.75) is 19.0 Å². The zero-order valence-corrected chi connectivity index (χ0v) is 12.6. The molecule has 0 atom stereocenters. The van der Waals surface area contributed by atoms with Crippen molar-refractivity contribution in [2.24, 2.45) is 0 Å². The zero-order valence-electron chi connectivity index (χ0n) is 11.8. The average Bonchev–Trinajstić information content (AvgIpc) is 2.85. The van der Waals surface area contributed by atoms with Crippen LogP contribution in [0.15, 0.2) is 41.7 Å². The number of hydrogen-bond acceptors (Lipinski definition) is 5. The van der Waals surface area contributed by atoms with Gasteiger partial charge in [-0.25, -0.2) is 0 Å². The van der Waals surface area contributed by atoms with Crippen molar-refractivity contribution in [3.05, 3.63) is 42.4 Å². The van der Waals surface area contributed by atoms with Crippen LogP contribution >= 0.6 is 11.8 Å². The van der Waals surface area contributed by atoms with Crippen LogP contribution in [-0.2, 0) is 4.79 Å². The molecule has 0 fully saturated rings. The van der Waals surface area contributed by atoms with Gasteiger partial charge in [-0.05, 0) is 26.0 Å². The van der Waals surface area contributed by atoms with Crippen molar-refractivity contribution in [3.8, 4) is 5.69 Å². The predicted octanol–water partition coefficient (Wildman–Crippen LogP) is 2.81. The summed E-state index contributed by atoms with van der Waals surface area (Å²) < 4.78 is 1.95. The fraction of sp³-hybridized carbons (Fsp3) is 0.200. The molecule has 6 heteroatoms. The van der Waals surface area contributed by atoms with Crippen molar-refractivity contribution < 1.29 is 4.79 Å². The van der Waals surface area contributed by atoms with Gasteiger partial charge in [0, 0.05) is 11.6 Å². The lowest BCUT2D eigenvalue weighted by Gasteiger charge is -2.10. The number of pyridine rings is 1. The molecule has 0 aliphatic carbocycles. The van der Waals surface area contributed by atoms with Gasteiger partial charge in [-0.2, -0.15) is 0 Å². The van der Waals surface area contributed by atoms with Crippen molar-refractivity contribution >= 4 is 28.4 Å². The summed E-state index contributed by atoms with van der Waals surface area (Å²) in [5.74, 6) is 1.28. The van der Waals surface area contributed by atoms with Crippen molar-refractivity contribution in [1.29, 1.82) is 0 Å². The molecule has 2 heterocycles. The maximum atomic E-state index is 11.2. The number of benzene rings is 1. The Hall–Kier alpha value is -2.21. The summed E-state index contributed by atoms with van der Waals surface area (Å²) in [5, 5.41) is 10.1. The van der Waals surface area contributed by atoms with Crippen molar-refractivity contribution in [2.75, 3.05) is 5.75 Å². The molecule has 0 radical (unpaired) electrons. The van der Waals surface area contributed by atoms with E-state index >= 15 is 0 Å². The van der Waals surface area contributed by atoms with Gasteiger partial charge in [-0.3, -0.25) is 14.3 Å². The third-order valence-electron chi connectivity index (χ3n) is 3.05. The lowest BCUT2D eigenvalue weighted by atomic mass is 10.2. The number of carbonyl (C=O) groups is 1. The van der Waals surface area contributed by atoms with Crippen molar-refractivity contribution in [3.63, 3.8) is 0 Å².